The van der Waals surface area contributed by atoms with Crippen molar-refractivity contribution in [2.24, 2.45) is 0 Å². The number of hydrogen-bond donors (Lipinski definition) is 2. The number of Topliss-reactive ketones (excluding diaryl/α,β-unsaturated/α-hetero) is 1. The fraction of sp³-hybridized carbons (Fsp3) is 0.375. The molecule has 0 bridgehead atoms. The quantitative estimate of drug-likeness (QED) is 0.465. The number of thioether (sulfide) groups is 1. The van der Waals surface area contributed by atoms with Crippen LogP contribution in [0.1, 0.15) is 24.2 Å². The van der Waals surface area contributed by atoms with Gasteiger partial charge in [0.25, 0.3) is 0 Å². The van der Waals surface area contributed by atoms with Crippen LogP contribution in [-0.4, -0.2) is 46.7 Å². The first kappa shape index (κ1) is 21.2. The Kier molecular flexibility index (Phi) is 9.22. The summed E-state index contributed by atoms with van der Waals surface area (Å²) in [5.41, 5.74) is 0.635. The summed E-state index contributed by atoms with van der Waals surface area (Å²) in [5.74, 6) is 2.00. The molecule has 2 aromatic rings. The van der Waals surface area contributed by atoms with Crippen LogP contribution in [0.3, 0.4) is 0 Å². The van der Waals surface area contributed by atoms with Crippen LogP contribution in [-0.2, 0) is 0 Å². The molecule has 0 saturated carbocycles. The second-order valence-electron chi connectivity index (χ2n) is 4.77. The zero-order valence-corrected chi connectivity index (χ0v) is 16.9. The van der Waals surface area contributed by atoms with Crippen LogP contribution >= 0.6 is 28.7 Å². The van der Waals surface area contributed by atoms with Crippen molar-refractivity contribution >= 4 is 46.4 Å². The van der Waals surface area contributed by atoms with Gasteiger partial charge in [0.2, 0.25) is 11.9 Å². The lowest BCUT2D eigenvalue weighted by Gasteiger charge is -2.08. The number of nitrogens with zero attached hydrogens (tertiary/aromatic N) is 3. The molecule has 0 unspecified atom stereocenters. The number of rotatable bonds is 9. The van der Waals surface area contributed by atoms with E-state index in [0.717, 1.165) is 5.75 Å². The van der Waals surface area contributed by atoms with Crippen LogP contribution in [0.5, 0.6) is 5.75 Å². The molecule has 9 heteroatoms. The molecule has 0 aliphatic rings. The average Bonchev–Trinajstić information content (AvgIpc) is 2.60. The smallest absolute Gasteiger partial charge is 0.228 e. The lowest BCUT2D eigenvalue weighted by atomic mass is 10.1. The molecule has 0 spiro atoms. The van der Waals surface area contributed by atoms with Crippen molar-refractivity contribution < 1.29 is 9.53 Å². The van der Waals surface area contributed by atoms with Crippen LogP contribution < -0.4 is 15.4 Å². The Labute approximate surface area is 162 Å². The maximum atomic E-state index is 12.3. The number of aromatic nitrogens is 3. The summed E-state index contributed by atoms with van der Waals surface area (Å²) >= 11 is 1.29. The van der Waals surface area contributed by atoms with E-state index >= 15 is 0 Å². The van der Waals surface area contributed by atoms with Gasteiger partial charge >= 0.3 is 0 Å². The Bertz CT molecular complexity index is 660. The van der Waals surface area contributed by atoms with Gasteiger partial charge in [0, 0.05) is 18.7 Å². The number of hydrogen-bond acceptors (Lipinski definition) is 8. The topological polar surface area (TPSA) is 89.0 Å². The van der Waals surface area contributed by atoms with Crippen molar-refractivity contribution in [1.29, 1.82) is 0 Å². The van der Waals surface area contributed by atoms with E-state index in [9.17, 15) is 4.79 Å². The fourth-order valence-corrected chi connectivity index (χ4v) is 2.61. The number of halogens is 1. The third-order valence-corrected chi connectivity index (χ3v) is 3.88. The van der Waals surface area contributed by atoms with Crippen molar-refractivity contribution in [2.75, 3.05) is 36.6 Å². The van der Waals surface area contributed by atoms with E-state index in [4.69, 9.17) is 4.74 Å². The molecule has 0 aliphatic heterocycles. The standard InChI is InChI=1S/C16H21N5O2S.BrH/c1-4-17-14-19-15(18-5-2)21-16(20-14)24-10-13(22)11-6-8-12(23-3)9-7-11;/h6-9H,4-5,10H2,1-3H3,(H2,17,18,19,20,21);1H. The Morgan fingerprint density at radius 3 is 2.08 bits per heavy atom. The molecule has 2 N–H and O–H groups in total. The van der Waals surface area contributed by atoms with Crippen LogP contribution in [0.15, 0.2) is 29.4 Å². The highest BCUT2D eigenvalue weighted by Gasteiger charge is 2.11. The summed E-state index contributed by atoms with van der Waals surface area (Å²) in [5, 5.41) is 6.64. The van der Waals surface area contributed by atoms with Gasteiger partial charge in [0.05, 0.1) is 12.9 Å². The zero-order chi connectivity index (χ0) is 17.4. The maximum Gasteiger partial charge on any atom is 0.228 e. The number of carbonyl (C=O) groups is 1. The number of ketones is 1. The van der Waals surface area contributed by atoms with E-state index in [1.165, 1.54) is 11.8 Å². The normalized spacial score (nSPS) is 9.88. The third kappa shape index (κ3) is 6.50. The molecule has 0 aliphatic carbocycles. The minimum absolute atomic E-state index is 0. The molecule has 25 heavy (non-hydrogen) atoms. The van der Waals surface area contributed by atoms with Crippen LogP contribution in [0, 0.1) is 0 Å². The van der Waals surface area contributed by atoms with Crippen molar-refractivity contribution in [2.45, 2.75) is 19.0 Å². The van der Waals surface area contributed by atoms with E-state index in [2.05, 4.69) is 25.6 Å². The summed E-state index contributed by atoms with van der Waals surface area (Å²) in [6, 6.07) is 7.05. The summed E-state index contributed by atoms with van der Waals surface area (Å²) in [6.45, 7) is 5.36. The summed E-state index contributed by atoms with van der Waals surface area (Å²) in [7, 11) is 1.59. The number of carbonyl (C=O) groups excluding carboxylic acids is 1. The highest BCUT2D eigenvalue weighted by Crippen LogP contribution is 2.19. The van der Waals surface area contributed by atoms with E-state index in [1.54, 1.807) is 31.4 Å². The molecule has 0 fully saturated rings. The van der Waals surface area contributed by atoms with Gasteiger partial charge in [-0.05, 0) is 38.1 Å². The second kappa shape index (κ2) is 10.9. The Hall–Kier alpha value is -1.87. The van der Waals surface area contributed by atoms with Crippen LogP contribution in [0.2, 0.25) is 0 Å². The highest BCUT2D eigenvalue weighted by atomic mass is 79.9. The Morgan fingerprint density at radius 2 is 1.60 bits per heavy atom. The first-order valence-corrected chi connectivity index (χ1v) is 8.68. The largest absolute Gasteiger partial charge is 0.497 e. The van der Waals surface area contributed by atoms with Gasteiger partial charge < -0.3 is 15.4 Å². The lowest BCUT2D eigenvalue weighted by molar-refractivity contribution is 0.102. The highest BCUT2D eigenvalue weighted by molar-refractivity contribution is 8.93. The van der Waals surface area contributed by atoms with Gasteiger partial charge in [0.1, 0.15) is 5.75 Å². The molecule has 1 heterocycles. The average molecular weight is 428 g/mol. The summed E-state index contributed by atoms with van der Waals surface area (Å²) in [4.78, 5) is 25.2. The summed E-state index contributed by atoms with van der Waals surface area (Å²) in [6.07, 6.45) is 0. The van der Waals surface area contributed by atoms with Gasteiger partial charge in [-0.2, -0.15) is 15.0 Å². The van der Waals surface area contributed by atoms with Crippen molar-refractivity contribution in [3.8, 4) is 5.75 Å². The lowest BCUT2D eigenvalue weighted by Crippen LogP contribution is -2.10. The van der Waals surface area contributed by atoms with E-state index in [1.807, 2.05) is 13.8 Å². The number of anilines is 2. The molecule has 136 valence electrons. The van der Waals surface area contributed by atoms with Crippen LogP contribution in [0.4, 0.5) is 11.9 Å². The molecule has 0 atom stereocenters. The molecule has 0 saturated heterocycles. The maximum absolute atomic E-state index is 12.3. The molecule has 1 aromatic heterocycles. The van der Waals surface area contributed by atoms with Gasteiger partial charge in [-0.25, -0.2) is 0 Å². The van der Waals surface area contributed by atoms with Crippen molar-refractivity contribution in [1.82, 2.24) is 15.0 Å². The van der Waals surface area contributed by atoms with Gasteiger partial charge in [-0.15, -0.1) is 17.0 Å². The first-order valence-electron chi connectivity index (χ1n) is 7.70. The SMILES string of the molecule is Br.CCNc1nc(NCC)nc(SCC(=O)c2ccc(OC)cc2)n1. The molecule has 0 radical (unpaired) electrons. The predicted octanol–water partition coefficient (Wildman–Crippen LogP) is 3.30. The van der Waals surface area contributed by atoms with Crippen molar-refractivity contribution in [3.63, 3.8) is 0 Å². The fourth-order valence-electron chi connectivity index (χ4n) is 1.89. The molecule has 2 rings (SSSR count). The van der Waals surface area contributed by atoms with Gasteiger partial charge in [-0.3, -0.25) is 4.79 Å². The number of nitrogens with one attached hydrogen (secondary N) is 2. The molecule has 1 aromatic carbocycles. The van der Waals surface area contributed by atoms with E-state index < -0.39 is 0 Å². The zero-order valence-electron chi connectivity index (χ0n) is 14.4. The minimum atomic E-state index is 0. The Balaban J connectivity index is 0.00000312. The van der Waals surface area contributed by atoms with Crippen LogP contribution in [0.25, 0.3) is 0 Å². The predicted molar refractivity (Wildman–Crippen MR) is 107 cm³/mol. The summed E-state index contributed by atoms with van der Waals surface area (Å²) < 4.78 is 5.09. The minimum Gasteiger partial charge on any atom is -0.497 e. The van der Waals surface area contributed by atoms with Gasteiger partial charge in [-0.1, -0.05) is 11.8 Å². The monoisotopic (exact) mass is 427 g/mol. The van der Waals surface area contributed by atoms with E-state index in [0.29, 0.717) is 35.7 Å². The number of ether oxygens (including phenoxy) is 1. The number of methoxy groups -OCH3 is 1. The van der Waals surface area contributed by atoms with E-state index in [-0.39, 0.29) is 28.5 Å². The third-order valence-electron chi connectivity index (χ3n) is 3.03. The molecular formula is C16H22BrN5O2S. The molecule has 0 amide bonds. The van der Waals surface area contributed by atoms with Crippen molar-refractivity contribution in [3.05, 3.63) is 29.8 Å². The number of benzene rings is 1. The molecular weight excluding hydrogens is 406 g/mol. The Morgan fingerprint density at radius 1 is 1.04 bits per heavy atom. The molecule has 7 nitrogen and oxygen atoms in total. The second-order valence-corrected chi connectivity index (χ2v) is 5.71. The first-order chi connectivity index (χ1) is 11.7. The van der Waals surface area contributed by atoms with Gasteiger partial charge in [0.15, 0.2) is 10.9 Å².